The molecule has 5 heteroatoms. The van der Waals surface area contributed by atoms with Crippen LogP contribution in [-0.4, -0.2) is 17.6 Å². The third-order valence-electron chi connectivity index (χ3n) is 5.27. The highest BCUT2D eigenvalue weighted by atomic mass is 16.7. The van der Waals surface area contributed by atoms with E-state index in [4.69, 9.17) is 13.9 Å². The quantitative estimate of drug-likeness (QED) is 0.419. The standard InChI is InChI=1S/C26H21NO4/c28-26(24-13-6-14-29-24)27(17-22-11-5-12-23-25(22)31-18-30-23)16-19-7-4-10-21(15-19)20-8-2-1-3-9-20/h1-15H,16-18H2. The zero-order valence-electron chi connectivity index (χ0n) is 16.9. The lowest BCUT2D eigenvalue weighted by molar-refractivity contribution is 0.0696. The molecule has 0 radical (unpaired) electrons. The van der Waals surface area contributed by atoms with Gasteiger partial charge < -0.3 is 18.8 Å². The highest BCUT2D eigenvalue weighted by Gasteiger charge is 2.24. The van der Waals surface area contributed by atoms with E-state index in [0.29, 0.717) is 30.3 Å². The molecule has 0 fully saturated rings. The monoisotopic (exact) mass is 411 g/mol. The molecule has 5 nitrogen and oxygen atoms in total. The zero-order valence-corrected chi connectivity index (χ0v) is 16.9. The van der Waals surface area contributed by atoms with Gasteiger partial charge in [-0.3, -0.25) is 4.79 Å². The average Bonchev–Trinajstić information content (AvgIpc) is 3.52. The van der Waals surface area contributed by atoms with Gasteiger partial charge in [-0.1, -0.05) is 60.7 Å². The number of hydrogen-bond acceptors (Lipinski definition) is 4. The van der Waals surface area contributed by atoms with Crippen LogP contribution in [0.1, 0.15) is 21.7 Å². The molecule has 0 atom stereocenters. The SMILES string of the molecule is O=C(c1ccco1)N(Cc1cccc(-c2ccccc2)c1)Cc1cccc2c1OCO2. The fourth-order valence-electron chi connectivity index (χ4n) is 3.78. The molecule has 154 valence electrons. The molecule has 0 bridgehead atoms. The van der Waals surface area contributed by atoms with Crippen molar-refractivity contribution >= 4 is 5.91 Å². The van der Waals surface area contributed by atoms with Crippen LogP contribution in [0.3, 0.4) is 0 Å². The summed E-state index contributed by atoms with van der Waals surface area (Å²) in [7, 11) is 0. The van der Waals surface area contributed by atoms with Crippen LogP contribution in [0.4, 0.5) is 0 Å². The van der Waals surface area contributed by atoms with Crippen LogP contribution >= 0.6 is 0 Å². The molecular formula is C26H21NO4. The van der Waals surface area contributed by atoms with Gasteiger partial charge in [0, 0.05) is 12.1 Å². The summed E-state index contributed by atoms with van der Waals surface area (Å²) in [4.78, 5) is 15.0. The minimum atomic E-state index is -0.174. The fourth-order valence-corrected chi connectivity index (χ4v) is 3.78. The minimum absolute atomic E-state index is 0.174. The lowest BCUT2D eigenvalue weighted by Gasteiger charge is -2.23. The van der Waals surface area contributed by atoms with Gasteiger partial charge >= 0.3 is 0 Å². The molecule has 0 N–H and O–H groups in total. The maximum atomic E-state index is 13.2. The minimum Gasteiger partial charge on any atom is -0.459 e. The lowest BCUT2D eigenvalue weighted by atomic mass is 10.0. The van der Waals surface area contributed by atoms with Gasteiger partial charge in [-0.05, 0) is 41.0 Å². The van der Waals surface area contributed by atoms with Crippen molar-refractivity contribution in [2.24, 2.45) is 0 Å². The molecule has 0 saturated carbocycles. The van der Waals surface area contributed by atoms with Gasteiger partial charge in [-0.25, -0.2) is 0 Å². The second kappa shape index (κ2) is 8.40. The van der Waals surface area contributed by atoms with E-state index < -0.39 is 0 Å². The van der Waals surface area contributed by atoms with E-state index in [1.54, 1.807) is 17.0 Å². The Bertz CT molecular complexity index is 1190. The number of para-hydroxylation sites is 1. The molecule has 0 spiro atoms. The van der Waals surface area contributed by atoms with Gasteiger partial charge in [-0.15, -0.1) is 0 Å². The van der Waals surface area contributed by atoms with Crippen molar-refractivity contribution in [3.05, 3.63) is 108 Å². The molecule has 0 aliphatic carbocycles. The summed E-state index contributed by atoms with van der Waals surface area (Å²) in [6, 6.07) is 27.6. The summed E-state index contributed by atoms with van der Waals surface area (Å²) in [5.74, 6) is 1.53. The molecule has 5 rings (SSSR count). The molecule has 1 aliphatic rings. The Morgan fingerprint density at radius 2 is 1.65 bits per heavy atom. The van der Waals surface area contributed by atoms with Crippen LogP contribution in [0.5, 0.6) is 11.5 Å². The third kappa shape index (κ3) is 4.03. The first-order valence-corrected chi connectivity index (χ1v) is 10.1. The summed E-state index contributed by atoms with van der Waals surface area (Å²) in [5, 5.41) is 0. The van der Waals surface area contributed by atoms with Gasteiger partial charge in [0.1, 0.15) is 0 Å². The van der Waals surface area contributed by atoms with E-state index >= 15 is 0 Å². The molecule has 0 saturated heterocycles. The Morgan fingerprint density at radius 1 is 0.806 bits per heavy atom. The fraction of sp³-hybridized carbons (Fsp3) is 0.115. The van der Waals surface area contributed by atoms with Gasteiger partial charge in [0.05, 0.1) is 12.8 Å². The molecule has 1 aliphatic heterocycles. The Kier molecular flexibility index (Phi) is 5.15. The molecule has 1 amide bonds. The number of nitrogens with zero attached hydrogens (tertiary/aromatic N) is 1. The second-order valence-corrected chi connectivity index (χ2v) is 7.36. The van der Waals surface area contributed by atoms with Gasteiger partial charge in [0.2, 0.25) is 6.79 Å². The largest absolute Gasteiger partial charge is 0.459 e. The smallest absolute Gasteiger partial charge is 0.290 e. The number of ether oxygens (including phenoxy) is 2. The molecule has 3 aromatic carbocycles. The molecule has 2 heterocycles. The maximum absolute atomic E-state index is 13.2. The number of carbonyl (C=O) groups is 1. The highest BCUT2D eigenvalue weighted by molar-refractivity contribution is 5.91. The Labute approximate surface area is 180 Å². The van der Waals surface area contributed by atoms with E-state index in [9.17, 15) is 4.79 Å². The first kappa shape index (κ1) is 19.0. The molecule has 1 aromatic heterocycles. The summed E-state index contributed by atoms with van der Waals surface area (Å²) in [6.07, 6.45) is 1.51. The van der Waals surface area contributed by atoms with Gasteiger partial charge in [0.25, 0.3) is 5.91 Å². The van der Waals surface area contributed by atoms with Crippen LogP contribution in [0.2, 0.25) is 0 Å². The number of fused-ring (bicyclic) bond motifs is 1. The van der Waals surface area contributed by atoms with Gasteiger partial charge in [0.15, 0.2) is 17.3 Å². The number of hydrogen-bond donors (Lipinski definition) is 0. The summed E-state index contributed by atoms with van der Waals surface area (Å²) >= 11 is 0. The number of rotatable bonds is 6. The number of carbonyl (C=O) groups excluding carboxylic acids is 1. The van der Waals surface area contributed by atoms with E-state index in [-0.39, 0.29) is 12.7 Å². The Morgan fingerprint density at radius 3 is 2.48 bits per heavy atom. The van der Waals surface area contributed by atoms with Crippen LogP contribution in [-0.2, 0) is 13.1 Å². The molecule has 31 heavy (non-hydrogen) atoms. The molecule has 0 unspecified atom stereocenters. The predicted molar refractivity (Wildman–Crippen MR) is 117 cm³/mol. The topological polar surface area (TPSA) is 51.9 Å². The number of benzene rings is 3. The van der Waals surface area contributed by atoms with Gasteiger partial charge in [-0.2, -0.15) is 0 Å². The first-order valence-electron chi connectivity index (χ1n) is 10.1. The zero-order chi connectivity index (χ0) is 21.0. The van der Waals surface area contributed by atoms with Crippen LogP contribution in [0.25, 0.3) is 11.1 Å². The van der Waals surface area contributed by atoms with E-state index in [0.717, 1.165) is 22.3 Å². The third-order valence-corrected chi connectivity index (χ3v) is 5.27. The molecule has 4 aromatic rings. The van der Waals surface area contributed by atoms with Crippen LogP contribution in [0.15, 0.2) is 95.6 Å². The van der Waals surface area contributed by atoms with E-state index in [1.807, 2.05) is 48.5 Å². The van der Waals surface area contributed by atoms with Crippen molar-refractivity contribution in [2.75, 3.05) is 6.79 Å². The normalized spacial score (nSPS) is 12.0. The lowest BCUT2D eigenvalue weighted by Crippen LogP contribution is -2.30. The summed E-state index contributed by atoms with van der Waals surface area (Å²) < 4.78 is 16.5. The van der Waals surface area contributed by atoms with Crippen LogP contribution in [0, 0.1) is 0 Å². The number of furan rings is 1. The van der Waals surface area contributed by atoms with Crippen LogP contribution < -0.4 is 9.47 Å². The Balaban J connectivity index is 1.46. The predicted octanol–water partition coefficient (Wildman–Crippen LogP) is 5.52. The average molecular weight is 411 g/mol. The van der Waals surface area contributed by atoms with Crippen molar-refractivity contribution in [3.63, 3.8) is 0 Å². The van der Waals surface area contributed by atoms with Crippen molar-refractivity contribution < 1.29 is 18.7 Å². The second-order valence-electron chi connectivity index (χ2n) is 7.36. The summed E-state index contributed by atoms with van der Waals surface area (Å²) in [6.45, 7) is 1.00. The summed E-state index contributed by atoms with van der Waals surface area (Å²) in [5.41, 5.74) is 4.18. The highest BCUT2D eigenvalue weighted by Crippen LogP contribution is 2.36. The van der Waals surface area contributed by atoms with Crippen molar-refractivity contribution in [1.82, 2.24) is 4.90 Å². The first-order chi connectivity index (χ1) is 15.3. The van der Waals surface area contributed by atoms with Crippen molar-refractivity contribution in [1.29, 1.82) is 0 Å². The van der Waals surface area contributed by atoms with E-state index in [2.05, 4.69) is 24.3 Å². The Hall–Kier alpha value is -3.99. The van der Waals surface area contributed by atoms with Crippen molar-refractivity contribution in [2.45, 2.75) is 13.1 Å². The number of amides is 1. The van der Waals surface area contributed by atoms with E-state index in [1.165, 1.54) is 6.26 Å². The van der Waals surface area contributed by atoms with Crippen molar-refractivity contribution in [3.8, 4) is 22.6 Å². The maximum Gasteiger partial charge on any atom is 0.290 e. The molecular weight excluding hydrogens is 390 g/mol.